The Morgan fingerprint density at radius 1 is 1.69 bits per heavy atom. The van der Waals surface area contributed by atoms with Crippen LogP contribution in [0.4, 0.5) is 0 Å². The molecule has 0 unspecified atom stereocenters. The maximum atomic E-state index is 11.0. The minimum atomic E-state index is -0.0622. The highest BCUT2D eigenvalue weighted by molar-refractivity contribution is 7.11. The zero-order chi connectivity index (χ0) is 9.68. The molecule has 0 aromatic carbocycles. The van der Waals surface area contributed by atoms with Crippen LogP contribution in [0.1, 0.15) is 18.7 Å². The van der Waals surface area contributed by atoms with Crippen molar-refractivity contribution in [2.75, 3.05) is 0 Å². The summed E-state index contributed by atoms with van der Waals surface area (Å²) in [6.07, 6.45) is 1.64. The fraction of sp³-hybridized carbons (Fsp3) is 0.333. The molecule has 1 rings (SSSR count). The summed E-state index contributed by atoms with van der Waals surface area (Å²) in [6.45, 7) is 3.66. The van der Waals surface area contributed by atoms with Crippen LogP contribution in [-0.2, 0) is 4.79 Å². The van der Waals surface area contributed by atoms with Crippen LogP contribution in [0, 0.1) is 5.92 Å². The van der Waals surface area contributed by atoms with E-state index in [1.807, 2.05) is 31.4 Å². The molecule has 0 aliphatic carbocycles. The Labute approximate surface area is 81.5 Å². The molecule has 1 heterocycles. The first-order chi connectivity index (χ1) is 6.20. The van der Waals surface area contributed by atoms with Crippen molar-refractivity contribution in [1.82, 2.24) is 5.43 Å². The predicted octanol–water partition coefficient (Wildman–Crippen LogP) is 1.85. The Kier molecular flexibility index (Phi) is 3.64. The molecule has 0 bridgehead atoms. The monoisotopic (exact) mass is 196 g/mol. The third-order valence-electron chi connectivity index (χ3n) is 1.43. The van der Waals surface area contributed by atoms with Crippen molar-refractivity contribution in [1.29, 1.82) is 0 Å². The van der Waals surface area contributed by atoms with E-state index in [0.29, 0.717) is 0 Å². The first-order valence-corrected chi connectivity index (χ1v) is 4.94. The van der Waals surface area contributed by atoms with Crippen LogP contribution in [0.2, 0.25) is 0 Å². The number of hydrogen-bond donors (Lipinski definition) is 1. The topological polar surface area (TPSA) is 41.5 Å². The number of carbonyl (C=O) groups is 1. The molecule has 13 heavy (non-hydrogen) atoms. The first-order valence-electron chi connectivity index (χ1n) is 4.06. The lowest BCUT2D eigenvalue weighted by molar-refractivity contribution is -0.123. The van der Waals surface area contributed by atoms with Crippen LogP contribution >= 0.6 is 11.3 Å². The van der Waals surface area contributed by atoms with Crippen LogP contribution in [0.3, 0.4) is 0 Å². The van der Waals surface area contributed by atoms with E-state index >= 15 is 0 Å². The van der Waals surface area contributed by atoms with Gasteiger partial charge in [-0.15, -0.1) is 11.3 Å². The lowest BCUT2D eigenvalue weighted by atomic mass is 10.2. The van der Waals surface area contributed by atoms with Crippen molar-refractivity contribution >= 4 is 23.5 Å². The second-order valence-corrected chi connectivity index (χ2v) is 3.88. The summed E-state index contributed by atoms with van der Waals surface area (Å²) >= 11 is 1.58. The number of thiophene rings is 1. The Bertz CT molecular complexity index is 291. The van der Waals surface area contributed by atoms with Crippen molar-refractivity contribution in [2.24, 2.45) is 11.0 Å². The minimum absolute atomic E-state index is 0.0273. The van der Waals surface area contributed by atoms with E-state index in [9.17, 15) is 4.79 Å². The molecular weight excluding hydrogens is 184 g/mol. The molecule has 0 fully saturated rings. The number of hydrazone groups is 1. The maximum Gasteiger partial charge on any atom is 0.242 e. The summed E-state index contributed by atoms with van der Waals surface area (Å²) in [7, 11) is 0. The molecule has 0 spiro atoms. The van der Waals surface area contributed by atoms with Gasteiger partial charge in [-0.1, -0.05) is 19.9 Å². The van der Waals surface area contributed by atoms with Crippen LogP contribution in [0.5, 0.6) is 0 Å². The highest BCUT2D eigenvalue weighted by Gasteiger charge is 2.03. The van der Waals surface area contributed by atoms with E-state index < -0.39 is 0 Å². The summed E-state index contributed by atoms with van der Waals surface area (Å²) in [6, 6.07) is 3.88. The van der Waals surface area contributed by atoms with E-state index in [4.69, 9.17) is 0 Å². The van der Waals surface area contributed by atoms with Gasteiger partial charge in [0.25, 0.3) is 0 Å². The van der Waals surface area contributed by atoms with Crippen molar-refractivity contribution in [2.45, 2.75) is 13.8 Å². The first kappa shape index (κ1) is 9.92. The molecule has 70 valence electrons. The second kappa shape index (κ2) is 4.77. The second-order valence-electron chi connectivity index (χ2n) is 2.90. The lowest BCUT2D eigenvalue weighted by Crippen LogP contribution is -2.22. The van der Waals surface area contributed by atoms with Gasteiger partial charge in [0.05, 0.1) is 6.21 Å². The normalized spacial score (nSPS) is 11.0. The van der Waals surface area contributed by atoms with Crippen LogP contribution in [-0.4, -0.2) is 12.1 Å². The summed E-state index contributed by atoms with van der Waals surface area (Å²) in [5.74, 6) is -0.0895. The zero-order valence-corrected chi connectivity index (χ0v) is 8.47. The Morgan fingerprint density at radius 3 is 3.00 bits per heavy atom. The highest BCUT2D eigenvalue weighted by atomic mass is 32.1. The lowest BCUT2D eigenvalue weighted by Gasteiger charge is -2.00. The molecule has 0 radical (unpaired) electrons. The zero-order valence-electron chi connectivity index (χ0n) is 7.65. The van der Waals surface area contributed by atoms with Gasteiger partial charge in [-0.25, -0.2) is 5.43 Å². The molecular formula is C9H12N2OS. The van der Waals surface area contributed by atoms with Gasteiger partial charge in [0.1, 0.15) is 0 Å². The van der Waals surface area contributed by atoms with Gasteiger partial charge >= 0.3 is 0 Å². The number of nitrogens with one attached hydrogen (secondary N) is 1. The molecule has 1 amide bonds. The third-order valence-corrected chi connectivity index (χ3v) is 2.24. The SMILES string of the molecule is CC(C)C(=O)N/N=C/c1cccs1. The molecule has 1 N–H and O–H groups in total. The average Bonchev–Trinajstić information content (AvgIpc) is 2.56. The minimum Gasteiger partial charge on any atom is -0.273 e. The quantitative estimate of drug-likeness (QED) is 0.582. The van der Waals surface area contributed by atoms with Crippen LogP contribution in [0.15, 0.2) is 22.6 Å². The summed E-state index contributed by atoms with van der Waals surface area (Å²) < 4.78 is 0. The molecule has 0 saturated carbocycles. The number of hydrogen-bond acceptors (Lipinski definition) is 3. The van der Waals surface area contributed by atoms with Crippen molar-refractivity contribution in [3.63, 3.8) is 0 Å². The van der Waals surface area contributed by atoms with Gasteiger partial charge in [0.15, 0.2) is 0 Å². The summed E-state index contributed by atoms with van der Waals surface area (Å²) in [4.78, 5) is 12.1. The average molecular weight is 196 g/mol. The third kappa shape index (κ3) is 3.38. The van der Waals surface area contributed by atoms with E-state index in [2.05, 4.69) is 10.5 Å². The predicted molar refractivity (Wildman–Crippen MR) is 54.9 cm³/mol. The summed E-state index contributed by atoms with van der Waals surface area (Å²) in [5.41, 5.74) is 2.46. The molecule has 4 heteroatoms. The van der Waals surface area contributed by atoms with Crippen LogP contribution in [0.25, 0.3) is 0 Å². The molecule has 1 aromatic rings. The van der Waals surface area contributed by atoms with Gasteiger partial charge in [-0.2, -0.15) is 5.10 Å². The van der Waals surface area contributed by atoms with Crippen molar-refractivity contribution in [3.05, 3.63) is 22.4 Å². The Balaban J connectivity index is 2.39. The van der Waals surface area contributed by atoms with Crippen molar-refractivity contribution < 1.29 is 4.79 Å². The van der Waals surface area contributed by atoms with Gasteiger partial charge in [-0.3, -0.25) is 4.79 Å². The molecule has 3 nitrogen and oxygen atoms in total. The van der Waals surface area contributed by atoms with E-state index in [1.54, 1.807) is 17.6 Å². The number of rotatable bonds is 3. The Morgan fingerprint density at radius 2 is 2.46 bits per heavy atom. The fourth-order valence-corrected chi connectivity index (χ4v) is 1.24. The number of carbonyl (C=O) groups excluding carboxylic acids is 1. The van der Waals surface area contributed by atoms with Gasteiger partial charge in [-0.05, 0) is 11.4 Å². The highest BCUT2D eigenvalue weighted by Crippen LogP contribution is 2.04. The van der Waals surface area contributed by atoms with Gasteiger partial charge in [0.2, 0.25) is 5.91 Å². The standard InChI is InChI=1S/C9H12N2OS/c1-7(2)9(12)11-10-6-8-4-3-5-13-8/h3-7H,1-2H3,(H,11,12)/b10-6+. The number of amides is 1. The van der Waals surface area contributed by atoms with Gasteiger partial charge in [0, 0.05) is 10.8 Å². The maximum absolute atomic E-state index is 11.0. The fourth-order valence-electron chi connectivity index (χ4n) is 0.653. The Hall–Kier alpha value is -1.16. The largest absolute Gasteiger partial charge is 0.273 e. The van der Waals surface area contributed by atoms with Gasteiger partial charge < -0.3 is 0 Å². The van der Waals surface area contributed by atoms with Crippen molar-refractivity contribution in [3.8, 4) is 0 Å². The molecule has 0 aliphatic rings. The molecule has 0 atom stereocenters. The molecule has 1 aromatic heterocycles. The molecule has 0 aliphatic heterocycles. The van der Waals surface area contributed by atoms with E-state index in [1.165, 1.54) is 0 Å². The van der Waals surface area contributed by atoms with Crippen LogP contribution < -0.4 is 5.43 Å². The van der Waals surface area contributed by atoms with E-state index in [0.717, 1.165) is 4.88 Å². The number of nitrogens with zero attached hydrogens (tertiary/aromatic N) is 1. The molecule has 0 saturated heterocycles. The smallest absolute Gasteiger partial charge is 0.242 e. The van der Waals surface area contributed by atoms with E-state index in [-0.39, 0.29) is 11.8 Å². The summed E-state index contributed by atoms with van der Waals surface area (Å²) in [5, 5.41) is 5.78.